The molecule has 0 atom stereocenters. The lowest BCUT2D eigenvalue weighted by atomic mass is 10.1. The van der Waals surface area contributed by atoms with Gasteiger partial charge in [0.1, 0.15) is 5.82 Å². The van der Waals surface area contributed by atoms with E-state index in [0.717, 1.165) is 11.2 Å². The first-order valence-electron chi connectivity index (χ1n) is 6.85. The summed E-state index contributed by atoms with van der Waals surface area (Å²) in [7, 11) is 1.87. The Hall–Kier alpha value is -2.95. The van der Waals surface area contributed by atoms with Crippen molar-refractivity contribution in [1.82, 2.24) is 14.1 Å². The normalized spacial score (nSPS) is 11.4. The fourth-order valence-corrected chi connectivity index (χ4v) is 2.82. The molecule has 0 saturated carbocycles. The molecular formula is C17H12FN3O. The lowest BCUT2D eigenvalue weighted by Crippen LogP contribution is -2.10. The van der Waals surface area contributed by atoms with Crippen molar-refractivity contribution in [3.05, 3.63) is 71.2 Å². The lowest BCUT2D eigenvalue weighted by Gasteiger charge is -2.12. The molecule has 0 radical (unpaired) electrons. The number of pyridine rings is 1. The van der Waals surface area contributed by atoms with E-state index in [2.05, 4.69) is 4.98 Å². The predicted octanol–water partition coefficient (Wildman–Crippen LogP) is 3.02. The van der Waals surface area contributed by atoms with E-state index in [1.807, 2.05) is 34.5 Å². The molecule has 2 aromatic carbocycles. The second kappa shape index (κ2) is 4.53. The number of aryl methyl sites for hydroxylation is 1. The molecule has 0 bridgehead atoms. The Kier molecular flexibility index (Phi) is 2.63. The van der Waals surface area contributed by atoms with Crippen LogP contribution < -0.4 is 5.43 Å². The van der Waals surface area contributed by atoms with Gasteiger partial charge in [0.05, 0.1) is 17.4 Å². The fraction of sp³-hybridized carbons (Fsp3) is 0.0588. The smallest absolute Gasteiger partial charge is 0.197 e. The number of aromatic nitrogens is 3. The Morgan fingerprint density at radius 1 is 1.05 bits per heavy atom. The summed E-state index contributed by atoms with van der Waals surface area (Å²) in [5.74, 6) is -0.404. The van der Waals surface area contributed by atoms with Gasteiger partial charge in [0.2, 0.25) is 0 Å². The monoisotopic (exact) mass is 293 g/mol. The molecule has 4 aromatic rings. The number of imidazole rings is 1. The molecule has 4 rings (SSSR count). The van der Waals surface area contributed by atoms with Crippen LogP contribution in [0.25, 0.3) is 27.5 Å². The van der Waals surface area contributed by atoms with Crippen LogP contribution in [0.5, 0.6) is 0 Å². The van der Waals surface area contributed by atoms with Gasteiger partial charge in [-0.05, 0) is 36.4 Å². The third-order valence-corrected chi connectivity index (χ3v) is 3.95. The van der Waals surface area contributed by atoms with Crippen molar-refractivity contribution in [3.63, 3.8) is 0 Å². The van der Waals surface area contributed by atoms with E-state index in [1.165, 1.54) is 12.1 Å². The highest BCUT2D eigenvalue weighted by Crippen LogP contribution is 2.21. The first kappa shape index (κ1) is 12.8. The first-order chi connectivity index (χ1) is 10.6. The van der Waals surface area contributed by atoms with Crippen LogP contribution in [0.15, 0.2) is 59.9 Å². The zero-order chi connectivity index (χ0) is 15.3. The van der Waals surface area contributed by atoms with Crippen molar-refractivity contribution in [2.45, 2.75) is 0 Å². The van der Waals surface area contributed by atoms with Gasteiger partial charge < -0.3 is 9.13 Å². The molecule has 0 aliphatic heterocycles. The van der Waals surface area contributed by atoms with Crippen LogP contribution in [0.1, 0.15) is 0 Å². The summed E-state index contributed by atoms with van der Waals surface area (Å²) < 4.78 is 17.2. The van der Waals surface area contributed by atoms with E-state index in [-0.39, 0.29) is 5.43 Å². The van der Waals surface area contributed by atoms with Crippen LogP contribution in [-0.4, -0.2) is 14.1 Å². The maximum absolute atomic E-state index is 13.4. The fourth-order valence-electron chi connectivity index (χ4n) is 2.82. The third-order valence-electron chi connectivity index (χ3n) is 3.95. The van der Waals surface area contributed by atoms with Gasteiger partial charge in [0.25, 0.3) is 0 Å². The molecule has 0 unspecified atom stereocenters. The van der Waals surface area contributed by atoms with Crippen molar-refractivity contribution >= 4 is 21.8 Å². The highest BCUT2D eigenvalue weighted by Gasteiger charge is 2.10. The quantitative estimate of drug-likeness (QED) is 0.506. The van der Waals surface area contributed by atoms with Crippen LogP contribution in [0.3, 0.4) is 0 Å². The molecule has 4 nitrogen and oxygen atoms in total. The van der Waals surface area contributed by atoms with Gasteiger partial charge in [0, 0.05) is 35.9 Å². The lowest BCUT2D eigenvalue weighted by molar-refractivity contribution is 0.629. The molecule has 0 aliphatic rings. The Morgan fingerprint density at radius 2 is 1.91 bits per heavy atom. The number of hydrogen-bond acceptors (Lipinski definition) is 2. The molecule has 0 spiro atoms. The first-order valence-corrected chi connectivity index (χ1v) is 6.85. The summed E-state index contributed by atoms with van der Waals surface area (Å²) in [6.45, 7) is 0. The molecule has 2 heterocycles. The molecule has 0 N–H and O–H groups in total. The summed E-state index contributed by atoms with van der Waals surface area (Å²) in [6.07, 6.45) is 5.25. The van der Waals surface area contributed by atoms with Crippen molar-refractivity contribution < 1.29 is 4.39 Å². The van der Waals surface area contributed by atoms with E-state index in [9.17, 15) is 9.18 Å². The van der Waals surface area contributed by atoms with E-state index in [1.54, 1.807) is 24.7 Å². The van der Waals surface area contributed by atoms with Crippen LogP contribution in [-0.2, 0) is 7.05 Å². The standard InChI is InChI=1S/C17H12FN3O/c1-20-15-5-2-11(18)8-14(15)17(22)13-4-3-12(9-16(13)20)21-7-6-19-10-21/h2-10H,1H3. The van der Waals surface area contributed by atoms with Crippen molar-refractivity contribution in [1.29, 1.82) is 0 Å². The summed E-state index contributed by atoms with van der Waals surface area (Å²) >= 11 is 0. The van der Waals surface area contributed by atoms with Crippen LogP contribution >= 0.6 is 0 Å². The predicted molar refractivity (Wildman–Crippen MR) is 83.8 cm³/mol. The Labute approximate surface area is 125 Å². The molecule has 0 aliphatic carbocycles. The summed E-state index contributed by atoms with van der Waals surface area (Å²) in [5, 5.41) is 0.967. The van der Waals surface area contributed by atoms with Crippen LogP contribution in [0, 0.1) is 5.82 Å². The maximum Gasteiger partial charge on any atom is 0.197 e. The summed E-state index contributed by atoms with van der Waals surface area (Å²) in [5.41, 5.74) is 2.28. The third kappa shape index (κ3) is 1.75. The molecule has 22 heavy (non-hydrogen) atoms. The minimum absolute atomic E-state index is 0.153. The number of nitrogens with zero attached hydrogens (tertiary/aromatic N) is 3. The molecule has 0 saturated heterocycles. The highest BCUT2D eigenvalue weighted by atomic mass is 19.1. The van der Waals surface area contributed by atoms with Crippen molar-refractivity contribution in [2.24, 2.45) is 7.05 Å². The number of benzene rings is 2. The minimum Gasteiger partial charge on any atom is -0.343 e. The zero-order valence-electron chi connectivity index (χ0n) is 11.8. The van der Waals surface area contributed by atoms with Gasteiger partial charge >= 0.3 is 0 Å². The molecule has 0 fully saturated rings. The van der Waals surface area contributed by atoms with Crippen molar-refractivity contribution in [3.8, 4) is 5.69 Å². The Bertz CT molecular complexity index is 1060. The highest BCUT2D eigenvalue weighted by molar-refractivity contribution is 5.94. The molecule has 5 heteroatoms. The molecular weight excluding hydrogens is 281 g/mol. The van der Waals surface area contributed by atoms with Crippen LogP contribution in [0.4, 0.5) is 4.39 Å². The SMILES string of the molecule is Cn1c2ccc(F)cc2c(=O)c2ccc(-n3ccnc3)cc21. The largest absolute Gasteiger partial charge is 0.343 e. The molecule has 2 aromatic heterocycles. The van der Waals surface area contributed by atoms with E-state index in [0.29, 0.717) is 16.3 Å². The van der Waals surface area contributed by atoms with Gasteiger partial charge in [-0.3, -0.25) is 4.79 Å². The summed E-state index contributed by atoms with van der Waals surface area (Å²) in [4.78, 5) is 16.6. The van der Waals surface area contributed by atoms with Gasteiger partial charge in [-0.25, -0.2) is 9.37 Å². The average Bonchev–Trinajstić information content (AvgIpc) is 3.06. The van der Waals surface area contributed by atoms with E-state index in [4.69, 9.17) is 0 Å². The van der Waals surface area contributed by atoms with Crippen LogP contribution in [0.2, 0.25) is 0 Å². The van der Waals surface area contributed by atoms with Gasteiger partial charge in [-0.1, -0.05) is 0 Å². The van der Waals surface area contributed by atoms with Gasteiger partial charge in [-0.15, -0.1) is 0 Å². The zero-order valence-corrected chi connectivity index (χ0v) is 11.8. The topological polar surface area (TPSA) is 39.8 Å². The molecule has 0 amide bonds. The second-order valence-corrected chi connectivity index (χ2v) is 5.22. The van der Waals surface area contributed by atoms with Gasteiger partial charge in [-0.2, -0.15) is 0 Å². The second-order valence-electron chi connectivity index (χ2n) is 5.22. The van der Waals surface area contributed by atoms with E-state index < -0.39 is 5.82 Å². The average molecular weight is 293 g/mol. The maximum atomic E-state index is 13.4. The Balaban J connectivity index is 2.13. The number of fused-ring (bicyclic) bond motifs is 2. The van der Waals surface area contributed by atoms with E-state index >= 15 is 0 Å². The van der Waals surface area contributed by atoms with Crippen molar-refractivity contribution in [2.75, 3.05) is 0 Å². The Morgan fingerprint density at radius 3 is 2.68 bits per heavy atom. The number of rotatable bonds is 1. The molecule has 108 valence electrons. The van der Waals surface area contributed by atoms with Gasteiger partial charge in [0.15, 0.2) is 5.43 Å². The number of halogens is 1. The number of hydrogen-bond donors (Lipinski definition) is 0. The minimum atomic E-state index is -0.404. The summed E-state index contributed by atoms with van der Waals surface area (Å²) in [6, 6.07) is 9.86.